The number of carbonyl (C=O) groups excluding carboxylic acids is 2. The van der Waals surface area contributed by atoms with Crippen molar-refractivity contribution in [3.8, 4) is 0 Å². The third-order valence-corrected chi connectivity index (χ3v) is 5.47. The molecule has 0 radical (unpaired) electrons. The summed E-state index contributed by atoms with van der Waals surface area (Å²) in [7, 11) is 0. The molecule has 0 aromatic carbocycles. The molecule has 0 N–H and O–H groups in total. The van der Waals surface area contributed by atoms with Crippen molar-refractivity contribution < 1.29 is 14.0 Å². The van der Waals surface area contributed by atoms with Crippen LogP contribution in [0.25, 0.3) is 0 Å². The number of aromatic nitrogens is 2. The van der Waals surface area contributed by atoms with E-state index in [9.17, 15) is 14.0 Å². The van der Waals surface area contributed by atoms with Gasteiger partial charge < -0.3 is 9.80 Å². The molecule has 0 aliphatic carbocycles. The van der Waals surface area contributed by atoms with Crippen molar-refractivity contribution in [3.63, 3.8) is 0 Å². The Hall–Kier alpha value is -2.83. The number of halogens is 1. The lowest BCUT2D eigenvalue weighted by atomic mass is 9.85. The molecular formula is C20H21FN4O2. The van der Waals surface area contributed by atoms with Crippen LogP contribution in [-0.4, -0.2) is 50.2 Å². The van der Waals surface area contributed by atoms with E-state index in [1.807, 2.05) is 18.2 Å². The number of likely N-dealkylation sites (tertiary alicyclic amines) is 2. The van der Waals surface area contributed by atoms with Gasteiger partial charge in [0.1, 0.15) is 11.4 Å². The lowest BCUT2D eigenvalue weighted by molar-refractivity contribution is -0.146. The summed E-state index contributed by atoms with van der Waals surface area (Å²) in [5.41, 5.74) is 0.176. The van der Waals surface area contributed by atoms with Crippen LogP contribution in [0.1, 0.15) is 41.7 Å². The van der Waals surface area contributed by atoms with Crippen LogP contribution in [0, 0.1) is 5.82 Å². The van der Waals surface area contributed by atoms with Crippen LogP contribution in [0.3, 0.4) is 0 Å². The third kappa shape index (κ3) is 3.18. The Kier molecular flexibility index (Phi) is 4.59. The smallest absolute Gasteiger partial charge is 0.256 e. The maximum atomic E-state index is 13.5. The summed E-state index contributed by atoms with van der Waals surface area (Å²) >= 11 is 0. The first-order chi connectivity index (χ1) is 13.1. The predicted molar refractivity (Wildman–Crippen MR) is 96.1 cm³/mol. The summed E-state index contributed by atoms with van der Waals surface area (Å²) < 4.78 is 13.5. The Morgan fingerprint density at radius 3 is 2.74 bits per heavy atom. The van der Waals surface area contributed by atoms with Gasteiger partial charge in [0.05, 0.1) is 24.0 Å². The minimum absolute atomic E-state index is 0.0328. The zero-order valence-electron chi connectivity index (χ0n) is 15.0. The first-order valence-electron chi connectivity index (χ1n) is 9.22. The summed E-state index contributed by atoms with van der Waals surface area (Å²) in [6.07, 6.45) is 6.99. The maximum Gasteiger partial charge on any atom is 0.256 e. The molecule has 2 aliphatic rings. The number of hydrogen-bond acceptors (Lipinski definition) is 4. The Bertz CT molecular complexity index is 860. The number of amides is 2. The van der Waals surface area contributed by atoms with E-state index < -0.39 is 11.4 Å². The van der Waals surface area contributed by atoms with Crippen LogP contribution >= 0.6 is 0 Å². The molecular weight excluding hydrogens is 347 g/mol. The lowest BCUT2D eigenvalue weighted by Crippen LogP contribution is -2.61. The van der Waals surface area contributed by atoms with Gasteiger partial charge in [-0.1, -0.05) is 6.07 Å². The van der Waals surface area contributed by atoms with Crippen LogP contribution in [-0.2, 0) is 11.3 Å². The highest BCUT2D eigenvalue weighted by Gasteiger charge is 2.52. The van der Waals surface area contributed by atoms with Crippen molar-refractivity contribution in [2.45, 2.75) is 37.8 Å². The van der Waals surface area contributed by atoms with E-state index in [1.54, 1.807) is 16.0 Å². The van der Waals surface area contributed by atoms with Crippen molar-refractivity contribution in [3.05, 3.63) is 59.9 Å². The minimum Gasteiger partial charge on any atom is -0.335 e. The Labute approximate surface area is 157 Å². The topological polar surface area (TPSA) is 66.4 Å². The van der Waals surface area contributed by atoms with E-state index >= 15 is 0 Å². The number of rotatable bonds is 3. The third-order valence-electron chi connectivity index (χ3n) is 5.47. The van der Waals surface area contributed by atoms with Crippen molar-refractivity contribution in [2.75, 3.05) is 13.1 Å². The number of carbonyl (C=O) groups is 2. The maximum absolute atomic E-state index is 13.5. The first-order valence-corrected chi connectivity index (χ1v) is 9.22. The van der Waals surface area contributed by atoms with Crippen LogP contribution in [0.4, 0.5) is 4.39 Å². The van der Waals surface area contributed by atoms with Gasteiger partial charge in [0.25, 0.3) is 5.91 Å². The Morgan fingerprint density at radius 2 is 2.00 bits per heavy atom. The van der Waals surface area contributed by atoms with E-state index in [1.165, 1.54) is 12.3 Å². The molecule has 140 valence electrons. The Balaban J connectivity index is 1.60. The highest BCUT2D eigenvalue weighted by Crippen LogP contribution is 2.39. The molecule has 1 spiro atoms. The normalized spacial score (nSPS) is 22.5. The molecule has 2 aliphatic heterocycles. The Morgan fingerprint density at radius 1 is 1.19 bits per heavy atom. The van der Waals surface area contributed by atoms with Gasteiger partial charge in [0.15, 0.2) is 0 Å². The number of nitrogens with zero attached hydrogens (tertiary/aromatic N) is 4. The van der Waals surface area contributed by atoms with Crippen LogP contribution in [0.5, 0.6) is 0 Å². The molecule has 1 unspecified atom stereocenters. The quantitative estimate of drug-likeness (QED) is 0.835. The summed E-state index contributed by atoms with van der Waals surface area (Å²) in [5.74, 6) is -0.914. The summed E-state index contributed by atoms with van der Waals surface area (Å²) in [5, 5.41) is 0. The molecule has 7 heteroatoms. The van der Waals surface area contributed by atoms with E-state index in [2.05, 4.69) is 9.97 Å². The lowest BCUT2D eigenvalue weighted by Gasteiger charge is -2.44. The number of pyridine rings is 2. The molecule has 27 heavy (non-hydrogen) atoms. The van der Waals surface area contributed by atoms with Gasteiger partial charge in [-0.3, -0.25) is 19.6 Å². The van der Waals surface area contributed by atoms with Gasteiger partial charge in [0.2, 0.25) is 5.91 Å². The summed E-state index contributed by atoms with van der Waals surface area (Å²) in [6.45, 7) is 1.59. The highest BCUT2D eigenvalue weighted by molar-refractivity contribution is 5.99. The predicted octanol–water partition coefficient (Wildman–Crippen LogP) is 2.41. The van der Waals surface area contributed by atoms with Gasteiger partial charge in [-0.2, -0.15) is 0 Å². The van der Waals surface area contributed by atoms with E-state index in [4.69, 9.17) is 0 Å². The van der Waals surface area contributed by atoms with E-state index in [0.717, 1.165) is 24.7 Å². The average Bonchev–Trinajstić information content (AvgIpc) is 3.10. The average molecular weight is 368 g/mol. The molecule has 2 aromatic rings. The fourth-order valence-corrected chi connectivity index (χ4v) is 4.24. The van der Waals surface area contributed by atoms with Gasteiger partial charge in [-0.15, -0.1) is 0 Å². The standard InChI is InChI=1S/C20H21FN4O2/c21-16-11-15(12-22-13-16)18(26)25-10-4-7-20(25)6-3-9-24(19(20)27)14-17-5-1-2-8-23-17/h1-2,5,8,11-13H,3-4,6-7,9-10,14H2. The zero-order valence-corrected chi connectivity index (χ0v) is 15.0. The van der Waals surface area contributed by atoms with Gasteiger partial charge in [-0.25, -0.2) is 4.39 Å². The molecule has 0 bridgehead atoms. The summed E-state index contributed by atoms with van der Waals surface area (Å²) in [6, 6.07) is 6.81. The second kappa shape index (κ2) is 7.06. The molecule has 6 nitrogen and oxygen atoms in total. The molecule has 4 heterocycles. The van der Waals surface area contributed by atoms with E-state index in [-0.39, 0.29) is 17.4 Å². The summed E-state index contributed by atoms with van der Waals surface area (Å²) in [4.78, 5) is 37.9. The van der Waals surface area contributed by atoms with Crippen LogP contribution in [0.15, 0.2) is 42.9 Å². The second-order valence-corrected chi connectivity index (χ2v) is 7.14. The molecule has 2 aromatic heterocycles. The van der Waals surface area contributed by atoms with Crippen molar-refractivity contribution >= 4 is 11.8 Å². The van der Waals surface area contributed by atoms with Crippen molar-refractivity contribution in [1.29, 1.82) is 0 Å². The second-order valence-electron chi connectivity index (χ2n) is 7.14. The van der Waals surface area contributed by atoms with Crippen molar-refractivity contribution in [2.24, 2.45) is 0 Å². The largest absolute Gasteiger partial charge is 0.335 e. The minimum atomic E-state index is -0.837. The zero-order chi connectivity index (χ0) is 18.9. The molecule has 2 amide bonds. The fraction of sp³-hybridized carbons (Fsp3) is 0.400. The monoisotopic (exact) mass is 368 g/mol. The number of hydrogen-bond donors (Lipinski definition) is 0. The van der Waals surface area contributed by atoms with Gasteiger partial charge >= 0.3 is 0 Å². The number of piperidine rings is 1. The highest BCUT2D eigenvalue weighted by atomic mass is 19.1. The SMILES string of the molecule is O=C(c1cncc(F)c1)N1CCCC12CCCN(Cc1ccccn1)C2=O. The molecule has 2 saturated heterocycles. The van der Waals surface area contributed by atoms with Crippen LogP contribution in [0.2, 0.25) is 0 Å². The van der Waals surface area contributed by atoms with Crippen LogP contribution < -0.4 is 0 Å². The van der Waals surface area contributed by atoms with Gasteiger partial charge in [0, 0.05) is 25.5 Å². The van der Waals surface area contributed by atoms with E-state index in [0.29, 0.717) is 32.5 Å². The molecule has 4 rings (SSSR count). The first kappa shape index (κ1) is 17.6. The fourth-order valence-electron chi connectivity index (χ4n) is 4.24. The molecule has 1 atom stereocenters. The molecule has 2 fully saturated rings. The van der Waals surface area contributed by atoms with Crippen molar-refractivity contribution in [1.82, 2.24) is 19.8 Å². The van der Waals surface area contributed by atoms with Gasteiger partial charge in [-0.05, 0) is 43.9 Å². The molecule has 0 saturated carbocycles.